The molecule has 2 N–H and O–H groups in total. The van der Waals surface area contributed by atoms with Crippen LogP contribution in [-0.4, -0.2) is 60.6 Å². The predicted molar refractivity (Wildman–Crippen MR) is 120 cm³/mol. The summed E-state index contributed by atoms with van der Waals surface area (Å²) in [7, 11) is 0. The zero-order chi connectivity index (χ0) is 22.9. The Labute approximate surface area is 187 Å². The number of aryl methyl sites for hydroxylation is 1. The lowest BCUT2D eigenvalue weighted by atomic mass is 10.1. The van der Waals surface area contributed by atoms with Crippen LogP contribution in [0.4, 0.5) is 15.1 Å². The molecule has 0 bridgehead atoms. The molecule has 0 unspecified atom stereocenters. The van der Waals surface area contributed by atoms with E-state index in [2.05, 4.69) is 15.0 Å². The van der Waals surface area contributed by atoms with E-state index in [0.29, 0.717) is 47.6 Å². The van der Waals surface area contributed by atoms with Crippen molar-refractivity contribution in [2.75, 3.05) is 24.5 Å². The van der Waals surface area contributed by atoms with Crippen LogP contribution in [0.5, 0.6) is 0 Å². The molecule has 4 heterocycles. The SMILES string of the molecule is Cc1cn2cc(-c3ccc4nc(N5CCN(C(=O)O)C6(CC6)C5)[nH]c(=O)c4c3)cc(F)c2n1. The molecule has 3 aromatic heterocycles. The van der Waals surface area contributed by atoms with Crippen LogP contribution in [-0.2, 0) is 0 Å². The van der Waals surface area contributed by atoms with E-state index in [1.54, 1.807) is 35.9 Å². The summed E-state index contributed by atoms with van der Waals surface area (Å²) in [5.74, 6) is 0.00973. The van der Waals surface area contributed by atoms with Gasteiger partial charge in [0.2, 0.25) is 5.95 Å². The fourth-order valence-corrected chi connectivity index (χ4v) is 4.82. The molecular formula is C23H21FN6O3. The number of hydrogen-bond acceptors (Lipinski definition) is 5. The van der Waals surface area contributed by atoms with E-state index in [1.807, 2.05) is 11.0 Å². The Morgan fingerprint density at radius 2 is 1.97 bits per heavy atom. The highest BCUT2D eigenvalue weighted by Gasteiger charge is 2.53. The van der Waals surface area contributed by atoms with Crippen LogP contribution in [0.2, 0.25) is 0 Å². The van der Waals surface area contributed by atoms with Gasteiger partial charge in [-0.2, -0.15) is 0 Å². The average molecular weight is 448 g/mol. The number of anilines is 1. The number of carboxylic acid groups (broad SMARTS) is 1. The van der Waals surface area contributed by atoms with Crippen molar-refractivity contribution >= 4 is 28.6 Å². The first-order valence-electron chi connectivity index (χ1n) is 10.8. The molecule has 1 aliphatic heterocycles. The third-order valence-corrected chi connectivity index (χ3v) is 6.66. The van der Waals surface area contributed by atoms with E-state index in [9.17, 15) is 19.1 Å². The Morgan fingerprint density at radius 3 is 2.73 bits per heavy atom. The molecule has 9 nitrogen and oxygen atoms in total. The summed E-state index contributed by atoms with van der Waals surface area (Å²) >= 11 is 0. The molecule has 1 saturated carbocycles. The molecule has 2 aliphatic rings. The molecule has 33 heavy (non-hydrogen) atoms. The summed E-state index contributed by atoms with van der Waals surface area (Å²) in [6.07, 6.45) is 4.26. The van der Waals surface area contributed by atoms with E-state index < -0.39 is 11.9 Å². The Bertz CT molecular complexity index is 1510. The van der Waals surface area contributed by atoms with E-state index in [1.165, 1.54) is 11.0 Å². The number of piperazine rings is 1. The van der Waals surface area contributed by atoms with E-state index >= 15 is 0 Å². The summed E-state index contributed by atoms with van der Waals surface area (Å²) in [5.41, 5.74) is 2.17. The third kappa shape index (κ3) is 3.12. The number of nitrogens with zero attached hydrogens (tertiary/aromatic N) is 5. The molecule has 1 aliphatic carbocycles. The fraction of sp³-hybridized carbons (Fsp3) is 0.304. The lowest BCUT2D eigenvalue weighted by Crippen LogP contribution is -2.57. The summed E-state index contributed by atoms with van der Waals surface area (Å²) in [5, 5.41) is 9.86. The molecule has 1 spiro atoms. The second-order valence-corrected chi connectivity index (χ2v) is 8.89. The molecule has 168 valence electrons. The number of aromatic amines is 1. The van der Waals surface area contributed by atoms with Gasteiger partial charge in [0, 0.05) is 37.6 Å². The van der Waals surface area contributed by atoms with Crippen molar-refractivity contribution in [2.45, 2.75) is 25.3 Å². The number of H-pyrrole nitrogens is 1. The van der Waals surface area contributed by atoms with Crippen LogP contribution in [0.15, 0.2) is 41.5 Å². The van der Waals surface area contributed by atoms with Gasteiger partial charge < -0.3 is 14.4 Å². The molecule has 0 radical (unpaired) electrons. The molecule has 0 atom stereocenters. The quantitative estimate of drug-likeness (QED) is 0.488. The van der Waals surface area contributed by atoms with E-state index in [4.69, 9.17) is 0 Å². The minimum absolute atomic E-state index is 0.262. The van der Waals surface area contributed by atoms with Crippen LogP contribution in [0.3, 0.4) is 0 Å². The molecular weight excluding hydrogens is 427 g/mol. The van der Waals surface area contributed by atoms with Gasteiger partial charge in [0.25, 0.3) is 5.56 Å². The number of fused-ring (bicyclic) bond motifs is 2. The van der Waals surface area contributed by atoms with Gasteiger partial charge in [-0.1, -0.05) is 6.07 Å². The lowest BCUT2D eigenvalue weighted by Gasteiger charge is -2.40. The summed E-state index contributed by atoms with van der Waals surface area (Å²) < 4.78 is 16.2. The van der Waals surface area contributed by atoms with Crippen molar-refractivity contribution in [1.82, 2.24) is 24.3 Å². The highest BCUT2D eigenvalue weighted by Crippen LogP contribution is 2.44. The molecule has 4 aromatic rings. The smallest absolute Gasteiger partial charge is 0.407 e. The normalized spacial score (nSPS) is 17.3. The number of amides is 1. The second-order valence-electron chi connectivity index (χ2n) is 8.89. The topological polar surface area (TPSA) is 107 Å². The van der Waals surface area contributed by atoms with Crippen molar-refractivity contribution in [1.29, 1.82) is 0 Å². The van der Waals surface area contributed by atoms with Crippen molar-refractivity contribution in [3.8, 4) is 11.1 Å². The Kier molecular flexibility index (Phi) is 4.05. The largest absolute Gasteiger partial charge is 0.465 e. The first-order chi connectivity index (χ1) is 15.8. The minimum atomic E-state index is -0.903. The first-order valence-corrected chi connectivity index (χ1v) is 10.8. The first kappa shape index (κ1) is 19.7. The number of nitrogens with one attached hydrogen (secondary N) is 1. The second kappa shape index (κ2) is 6.77. The van der Waals surface area contributed by atoms with Gasteiger partial charge in [-0.15, -0.1) is 0 Å². The van der Waals surface area contributed by atoms with Gasteiger partial charge >= 0.3 is 6.09 Å². The number of rotatable bonds is 2. The maximum Gasteiger partial charge on any atom is 0.407 e. The zero-order valence-corrected chi connectivity index (χ0v) is 17.9. The van der Waals surface area contributed by atoms with Crippen LogP contribution in [0.25, 0.3) is 27.7 Å². The molecule has 2 fully saturated rings. The van der Waals surface area contributed by atoms with Crippen LogP contribution in [0, 0.1) is 12.7 Å². The van der Waals surface area contributed by atoms with Crippen molar-refractivity contribution in [2.24, 2.45) is 0 Å². The molecule has 10 heteroatoms. The number of aromatic nitrogens is 4. The van der Waals surface area contributed by atoms with E-state index in [0.717, 1.165) is 18.5 Å². The van der Waals surface area contributed by atoms with Crippen LogP contribution >= 0.6 is 0 Å². The fourth-order valence-electron chi connectivity index (χ4n) is 4.82. The monoisotopic (exact) mass is 448 g/mol. The summed E-state index contributed by atoms with van der Waals surface area (Å²) in [6.45, 7) is 3.15. The number of carbonyl (C=O) groups is 1. The average Bonchev–Trinajstić information content (AvgIpc) is 3.42. The number of pyridine rings is 1. The highest BCUT2D eigenvalue weighted by atomic mass is 19.1. The molecule has 1 aromatic carbocycles. The zero-order valence-electron chi connectivity index (χ0n) is 17.9. The molecule has 1 amide bonds. The van der Waals surface area contributed by atoms with Gasteiger partial charge in [0.05, 0.1) is 22.1 Å². The number of hydrogen-bond donors (Lipinski definition) is 2. The minimum Gasteiger partial charge on any atom is -0.465 e. The summed E-state index contributed by atoms with van der Waals surface area (Å²) in [6, 6.07) is 6.69. The third-order valence-electron chi connectivity index (χ3n) is 6.66. The van der Waals surface area contributed by atoms with Gasteiger partial charge in [0.15, 0.2) is 11.5 Å². The number of halogens is 1. The van der Waals surface area contributed by atoms with Gasteiger partial charge in [-0.05, 0) is 43.5 Å². The maximum absolute atomic E-state index is 14.5. The highest BCUT2D eigenvalue weighted by molar-refractivity contribution is 5.84. The van der Waals surface area contributed by atoms with E-state index in [-0.39, 0.29) is 16.7 Å². The molecule has 6 rings (SSSR count). The Hall–Kier alpha value is -3.95. The number of imidazole rings is 1. The van der Waals surface area contributed by atoms with Crippen molar-refractivity contribution in [3.05, 3.63) is 58.5 Å². The Balaban J connectivity index is 1.36. The van der Waals surface area contributed by atoms with Gasteiger partial charge in [0.1, 0.15) is 0 Å². The maximum atomic E-state index is 14.5. The predicted octanol–water partition coefficient (Wildman–Crippen LogP) is 3.02. The summed E-state index contributed by atoms with van der Waals surface area (Å²) in [4.78, 5) is 39.6. The van der Waals surface area contributed by atoms with Crippen molar-refractivity contribution in [3.63, 3.8) is 0 Å². The van der Waals surface area contributed by atoms with Crippen LogP contribution < -0.4 is 10.5 Å². The van der Waals surface area contributed by atoms with Gasteiger partial charge in [-0.3, -0.25) is 14.7 Å². The van der Waals surface area contributed by atoms with Gasteiger partial charge in [-0.25, -0.2) is 19.2 Å². The standard InChI is InChI=1S/C23H21FN6O3/c1-13-10-29-11-15(9-17(24)19(29)25-13)14-2-3-18-16(8-14)20(31)27-21(26-18)28-6-7-30(22(32)33)23(12-28)4-5-23/h2-3,8-11H,4-7,12H2,1H3,(H,32,33)(H,26,27,31). The van der Waals surface area contributed by atoms with Crippen molar-refractivity contribution < 1.29 is 14.3 Å². The lowest BCUT2D eigenvalue weighted by molar-refractivity contribution is 0.110. The number of benzene rings is 1. The Morgan fingerprint density at radius 1 is 1.15 bits per heavy atom. The van der Waals surface area contributed by atoms with Crippen LogP contribution in [0.1, 0.15) is 18.5 Å². The molecule has 1 saturated heterocycles.